The van der Waals surface area contributed by atoms with Crippen LogP contribution in [0.2, 0.25) is 0 Å². The van der Waals surface area contributed by atoms with E-state index in [0.29, 0.717) is 11.6 Å². The third-order valence-corrected chi connectivity index (χ3v) is 2.70. The van der Waals surface area contributed by atoms with Crippen molar-refractivity contribution in [2.45, 2.75) is 13.8 Å². The van der Waals surface area contributed by atoms with Gasteiger partial charge in [-0.1, -0.05) is 6.07 Å². The smallest absolute Gasteiger partial charge is 0.321 e. The fourth-order valence-electron chi connectivity index (χ4n) is 1.95. The predicted molar refractivity (Wildman–Crippen MR) is 72.3 cm³/mol. The number of benzene rings is 1. The van der Waals surface area contributed by atoms with Gasteiger partial charge in [0.15, 0.2) is 5.82 Å². The number of ether oxygens (including phenoxy) is 2. The Hall–Kier alpha value is -2.37. The maximum Gasteiger partial charge on any atom is 0.321 e. The SMILES string of the molecule is COc1nc(N)nc(-c2c(C)cc(C)cc2OC)n1. The maximum atomic E-state index is 5.66. The summed E-state index contributed by atoms with van der Waals surface area (Å²) in [6.45, 7) is 3.97. The van der Waals surface area contributed by atoms with Crippen LogP contribution in [0.25, 0.3) is 11.4 Å². The molecule has 0 saturated heterocycles. The highest BCUT2D eigenvalue weighted by Crippen LogP contribution is 2.32. The van der Waals surface area contributed by atoms with E-state index in [4.69, 9.17) is 15.2 Å². The molecule has 1 aromatic heterocycles. The predicted octanol–water partition coefficient (Wildman–Crippen LogP) is 1.75. The molecule has 0 unspecified atom stereocenters. The van der Waals surface area contributed by atoms with E-state index in [9.17, 15) is 0 Å². The number of rotatable bonds is 3. The molecule has 2 rings (SSSR count). The monoisotopic (exact) mass is 260 g/mol. The third kappa shape index (κ3) is 2.57. The molecule has 0 saturated carbocycles. The highest BCUT2D eigenvalue weighted by atomic mass is 16.5. The summed E-state index contributed by atoms with van der Waals surface area (Å²) in [5.41, 5.74) is 8.56. The van der Waals surface area contributed by atoms with Gasteiger partial charge in [-0.3, -0.25) is 0 Å². The molecule has 1 aromatic carbocycles. The minimum atomic E-state index is 0.115. The molecule has 0 aliphatic rings. The van der Waals surface area contributed by atoms with Gasteiger partial charge in [-0.25, -0.2) is 0 Å². The summed E-state index contributed by atoms with van der Waals surface area (Å²) in [6, 6.07) is 4.14. The van der Waals surface area contributed by atoms with E-state index in [1.807, 2.05) is 26.0 Å². The normalized spacial score (nSPS) is 10.3. The molecule has 6 nitrogen and oxygen atoms in total. The van der Waals surface area contributed by atoms with Crippen LogP contribution in [0.4, 0.5) is 5.95 Å². The second-order valence-electron chi connectivity index (χ2n) is 4.16. The molecule has 100 valence electrons. The first-order valence-corrected chi connectivity index (χ1v) is 5.76. The van der Waals surface area contributed by atoms with Crippen LogP contribution in [0.1, 0.15) is 11.1 Å². The topological polar surface area (TPSA) is 83.2 Å². The molecule has 6 heteroatoms. The minimum absolute atomic E-state index is 0.115. The molecule has 2 aromatic rings. The zero-order valence-electron chi connectivity index (χ0n) is 11.4. The first-order valence-electron chi connectivity index (χ1n) is 5.76. The van der Waals surface area contributed by atoms with Gasteiger partial charge in [0.1, 0.15) is 5.75 Å². The van der Waals surface area contributed by atoms with Gasteiger partial charge in [-0.05, 0) is 31.0 Å². The Bertz CT molecular complexity index is 614. The first kappa shape index (κ1) is 13.1. The van der Waals surface area contributed by atoms with Gasteiger partial charge in [-0.15, -0.1) is 0 Å². The Morgan fingerprint density at radius 2 is 1.74 bits per heavy atom. The quantitative estimate of drug-likeness (QED) is 0.905. The molecule has 0 aliphatic heterocycles. The van der Waals surface area contributed by atoms with Crippen LogP contribution in [0.3, 0.4) is 0 Å². The van der Waals surface area contributed by atoms with Crippen LogP contribution in [-0.4, -0.2) is 29.2 Å². The van der Waals surface area contributed by atoms with Gasteiger partial charge >= 0.3 is 6.01 Å². The van der Waals surface area contributed by atoms with Gasteiger partial charge < -0.3 is 15.2 Å². The third-order valence-electron chi connectivity index (χ3n) is 2.70. The van der Waals surface area contributed by atoms with Crippen LogP contribution >= 0.6 is 0 Å². The van der Waals surface area contributed by atoms with E-state index in [-0.39, 0.29) is 12.0 Å². The van der Waals surface area contributed by atoms with Crippen LogP contribution in [-0.2, 0) is 0 Å². The molecule has 0 fully saturated rings. The number of aryl methyl sites for hydroxylation is 2. The average molecular weight is 260 g/mol. The van der Waals surface area contributed by atoms with Crippen LogP contribution in [0.5, 0.6) is 11.8 Å². The zero-order valence-corrected chi connectivity index (χ0v) is 11.4. The van der Waals surface area contributed by atoms with Crippen molar-refractivity contribution >= 4 is 5.95 Å². The second kappa shape index (κ2) is 5.09. The summed E-state index contributed by atoms with van der Waals surface area (Å²) in [6.07, 6.45) is 0. The van der Waals surface area contributed by atoms with Crippen LogP contribution in [0.15, 0.2) is 12.1 Å². The number of nitrogens with two attached hydrogens (primary N) is 1. The van der Waals surface area contributed by atoms with E-state index in [1.54, 1.807) is 7.11 Å². The Balaban J connectivity index is 2.67. The number of aromatic nitrogens is 3. The largest absolute Gasteiger partial charge is 0.496 e. The molecule has 0 spiro atoms. The van der Waals surface area contributed by atoms with Crippen molar-refractivity contribution < 1.29 is 9.47 Å². The Labute approximate surface area is 111 Å². The fourth-order valence-corrected chi connectivity index (χ4v) is 1.95. The van der Waals surface area contributed by atoms with Crippen molar-refractivity contribution in [1.82, 2.24) is 15.0 Å². The Kier molecular flexibility index (Phi) is 3.50. The number of methoxy groups -OCH3 is 2. The highest BCUT2D eigenvalue weighted by molar-refractivity contribution is 5.69. The van der Waals surface area contributed by atoms with E-state index < -0.39 is 0 Å². The molecule has 1 heterocycles. The molecular weight excluding hydrogens is 244 g/mol. The van der Waals surface area contributed by atoms with Gasteiger partial charge in [0.2, 0.25) is 5.95 Å². The zero-order chi connectivity index (χ0) is 14.0. The first-order chi connectivity index (χ1) is 9.05. The van der Waals surface area contributed by atoms with Crippen LogP contribution in [0, 0.1) is 13.8 Å². The number of hydrogen-bond acceptors (Lipinski definition) is 6. The second-order valence-corrected chi connectivity index (χ2v) is 4.16. The standard InChI is InChI=1S/C13H16N4O2/c1-7-5-8(2)10(9(6-7)18-3)11-15-12(14)17-13(16-11)19-4/h5-6H,1-4H3,(H2,14,15,16,17). The molecule has 0 amide bonds. The van der Waals surface area contributed by atoms with Crippen molar-refractivity contribution in [2.75, 3.05) is 20.0 Å². The van der Waals surface area contributed by atoms with Crippen molar-refractivity contribution in [3.63, 3.8) is 0 Å². The summed E-state index contributed by atoms with van der Waals surface area (Å²) < 4.78 is 10.4. The molecule has 2 N–H and O–H groups in total. The minimum Gasteiger partial charge on any atom is -0.496 e. The lowest BCUT2D eigenvalue weighted by atomic mass is 10.0. The lowest BCUT2D eigenvalue weighted by Crippen LogP contribution is -2.04. The van der Waals surface area contributed by atoms with Crippen molar-refractivity contribution in [1.29, 1.82) is 0 Å². The van der Waals surface area contributed by atoms with Gasteiger partial charge in [-0.2, -0.15) is 15.0 Å². The van der Waals surface area contributed by atoms with Gasteiger partial charge in [0.25, 0.3) is 0 Å². The number of anilines is 1. The fraction of sp³-hybridized carbons (Fsp3) is 0.308. The number of nitrogens with zero attached hydrogens (tertiary/aromatic N) is 3. The van der Waals surface area contributed by atoms with Crippen molar-refractivity contribution in [3.8, 4) is 23.1 Å². The summed E-state index contributed by atoms with van der Waals surface area (Å²) in [4.78, 5) is 12.2. The average Bonchev–Trinajstić information content (AvgIpc) is 2.36. The lowest BCUT2D eigenvalue weighted by Gasteiger charge is -2.12. The van der Waals surface area contributed by atoms with Gasteiger partial charge in [0, 0.05) is 0 Å². The van der Waals surface area contributed by atoms with E-state index in [1.165, 1.54) is 7.11 Å². The van der Waals surface area contributed by atoms with E-state index in [2.05, 4.69) is 15.0 Å². The molecule has 0 aliphatic carbocycles. The molecule has 0 bridgehead atoms. The number of hydrogen-bond donors (Lipinski definition) is 1. The van der Waals surface area contributed by atoms with Crippen molar-refractivity contribution in [2.24, 2.45) is 0 Å². The van der Waals surface area contributed by atoms with Gasteiger partial charge in [0.05, 0.1) is 19.8 Å². The lowest BCUT2D eigenvalue weighted by molar-refractivity contribution is 0.379. The maximum absolute atomic E-state index is 5.66. The number of nitrogen functional groups attached to an aromatic ring is 1. The molecular formula is C13H16N4O2. The summed E-state index contributed by atoms with van der Waals surface area (Å²) in [5, 5.41) is 0. The van der Waals surface area contributed by atoms with E-state index >= 15 is 0 Å². The Morgan fingerprint density at radius 3 is 2.37 bits per heavy atom. The highest BCUT2D eigenvalue weighted by Gasteiger charge is 2.15. The molecule has 0 atom stereocenters. The summed E-state index contributed by atoms with van der Waals surface area (Å²) in [5.74, 6) is 1.26. The van der Waals surface area contributed by atoms with Crippen LogP contribution < -0.4 is 15.2 Å². The molecule has 0 radical (unpaired) electrons. The summed E-state index contributed by atoms with van der Waals surface area (Å²) >= 11 is 0. The van der Waals surface area contributed by atoms with E-state index in [0.717, 1.165) is 16.7 Å². The molecule has 19 heavy (non-hydrogen) atoms. The van der Waals surface area contributed by atoms with Crippen molar-refractivity contribution in [3.05, 3.63) is 23.3 Å². The summed E-state index contributed by atoms with van der Waals surface area (Å²) in [7, 11) is 3.09. The Morgan fingerprint density at radius 1 is 1.00 bits per heavy atom.